The van der Waals surface area contributed by atoms with E-state index in [4.69, 9.17) is 5.26 Å². The predicted octanol–water partition coefficient (Wildman–Crippen LogP) is 2.79. The average molecular weight is 367 g/mol. The SMILES string of the molecule is N#Cc1ccc(C2CCN(S(=O)Nc3ccc4c(n3)NCC4)CC2)cc1. The lowest BCUT2D eigenvalue weighted by Gasteiger charge is -2.30. The third kappa shape index (κ3) is 3.57. The number of nitriles is 1. The first kappa shape index (κ1) is 17.0. The number of nitrogens with zero attached hydrogens (tertiary/aromatic N) is 3. The van der Waals surface area contributed by atoms with Crippen molar-refractivity contribution >= 4 is 22.8 Å². The summed E-state index contributed by atoms with van der Waals surface area (Å²) in [7, 11) is 0. The number of rotatable bonds is 4. The number of hydrogen-bond donors (Lipinski definition) is 2. The van der Waals surface area contributed by atoms with Crippen LogP contribution in [0.25, 0.3) is 0 Å². The van der Waals surface area contributed by atoms with Crippen molar-refractivity contribution in [3.05, 3.63) is 53.1 Å². The minimum atomic E-state index is -1.28. The Kier molecular flexibility index (Phi) is 4.87. The van der Waals surface area contributed by atoms with Crippen molar-refractivity contribution in [2.45, 2.75) is 25.2 Å². The van der Waals surface area contributed by atoms with E-state index in [1.807, 2.05) is 40.7 Å². The van der Waals surface area contributed by atoms with Crippen LogP contribution in [0.15, 0.2) is 36.4 Å². The molecule has 26 heavy (non-hydrogen) atoms. The summed E-state index contributed by atoms with van der Waals surface area (Å²) < 4.78 is 17.6. The quantitative estimate of drug-likeness (QED) is 0.871. The fourth-order valence-electron chi connectivity index (χ4n) is 3.55. The van der Waals surface area contributed by atoms with E-state index in [1.54, 1.807) is 0 Å². The number of nitrogens with one attached hydrogen (secondary N) is 2. The summed E-state index contributed by atoms with van der Waals surface area (Å²) in [5.41, 5.74) is 3.16. The largest absolute Gasteiger partial charge is 0.369 e. The van der Waals surface area contributed by atoms with Crippen molar-refractivity contribution < 1.29 is 4.21 Å². The summed E-state index contributed by atoms with van der Waals surface area (Å²) in [5.74, 6) is 2.00. The molecule has 0 amide bonds. The van der Waals surface area contributed by atoms with Crippen LogP contribution >= 0.6 is 0 Å². The highest BCUT2D eigenvalue weighted by Gasteiger charge is 2.24. The third-order valence-corrected chi connectivity index (χ3v) is 6.28. The number of anilines is 2. The summed E-state index contributed by atoms with van der Waals surface area (Å²) in [5, 5.41) is 12.1. The zero-order valence-electron chi connectivity index (χ0n) is 14.4. The molecule has 2 aliphatic heterocycles. The number of piperidine rings is 1. The molecule has 3 heterocycles. The third-order valence-electron chi connectivity index (χ3n) is 5.06. The molecule has 6 nitrogen and oxygen atoms in total. The van der Waals surface area contributed by atoms with Crippen molar-refractivity contribution in [1.29, 1.82) is 5.26 Å². The molecule has 2 aliphatic rings. The topological polar surface area (TPSA) is 81.1 Å². The summed E-state index contributed by atoms with van der Waals surface area (Å²) in [4.78, 5) is 4.50. The highest BCUT2D eigenvalue weighted by atomic mass is 32.2. The monoisotopic (exact) mass is 367 g/mol. The second-order valence-corrected chi connectivity index (χ2v) is 7.89. The van der Waals surface area contributed by atoms with Gasteiger partial charge in [-0.05, 0) is 54.5 Å². The molecule has 2 N–H and O–H groups in total. The van der Waals surface area contributed by atoms with Crippen LogP contribution < -0.4 is 10.0 Å². The zero-order chi connectivity index (χ0) is 17.9. The predicted molar refractivity (Wildman–Crippen MR) is 103 cm³/mol. The maximum atomic E-state index is 12.6. The Hall–Kier alpha value is -2.43. The summed E-state index contributed by atoms with van der Waals surface area (Å²) in [6.45, 7) is 2.46. The molecule has 0 bridgehead atoms. The highest BCUT2D eigenvalue weighted by molar-refractivity contribution is 7.84. The van der Waals surface area contributed by atoms with Gasteiger partial charge in [0.2, 0.25) is 0 Å². The van der Waals surface area contributed by atoms with Gasteiger partial charge in [-0.15, -0.1) is 0 Å². The van der Waals surface area contributed by atoms with Crippen molar-refractivity contribution in [2.75, 3.05) is 29.7 Å². The molecule has 2 aromatic rings. The van der Waals surface area contributed by atoms with Crippen LogP contribution in [0.4, 0.5) is 11.6 Å². The zero-order valence-corrected chi connectivity index (χ0v) is 15.3. The van der Waals surface area contributed by atoms with Crippen LogP contribution in [-0.4, -0.2) is 33.1 Å². The molecule has 7 heteroatoms. The van der Waals surface area contributed by atoms with Crippen LogP contribution in [-0.2, 0) is 17.6 Å². The van der Waals surface area contributed by atoms with Gasteiger partial charge in [-0.25, -0.2) is 13.5 Å². The van der Waals surface area contributed by atoms with E-state index in [0.717, 1.165) is 44.7 Å². The molecule has 1 aromatic carbocycles. The van der Waals surface area contributed by atoms with Crippen LogP contribution in [0.1, 0.15) is 35.4 Å². The smallest absolute Gasteiger partial charge is 0.197 e. The van der Waals surface area contributed by atoms with E-state index in [2.05, 4.69) is 21.1 Å². The minimum Gasteiger partial charge on any atom is -0.369 e. The van der Waals surface area contributed by atoms with E-state index in [-0.39, 0.29) is 0 Å². The summed E-state index contributed by atoms with van der Waals surface area (Å²) in [6.07, 6.45) is 2.91. The van der Waals surface area contributed by atoms with E-state index < -0.39 is 11.2 Å². The van der Waals surface area contributed by atoms with Gasteiger partial charge in [0.15, 0.2) is 11.2 Å². The molecule has 1 fully saturated rings. The lowest BCUT2D eigenvalue weighted by Crippen LogP contribution is -2.37. The molecule has 0 saturated carbocycles. The first-order chi connectivity index (χ1) is 12.7. The standard InChI is InChI=1S/C19H21N5OS/c20-13-14-1-3-15(4-2-14)16-8-11-24(12-9-16)26(25)23-18-6-5-17-7-10-21-19(17)22-18/h1-6,16H,7-12H2,(H2,21,22,23). The fourth-order valence-corrected chi connectivity index (χ4v) is 4.52. The molecule has 0 aliphatic carbocycles. The summed E-state index contributed by atoms with van der Waals surface area (Å²) in [6, 6.07) is 13.9. The van der Waals surface area contributed by atoms with Gasteiger partial charge in [0.1, 0.15) is 11.6 Å². The molecule has 134 valence electrons. The van der Waals surface area contributed by atoms with E-state index in [1.165, 1.54) is 11.1 Å². The van der Waals surface area contributed by atoms with Crippen LogP contribution in [0.3, 0.4) is 0 Å². The number of benzene rings is 1. The van der Waals surface area contributed by atoms with Gasteiger partial charge < -0.3 is 5.32 Å². The summed E-state index contributed by atoms with van der Waals surface area (Å²) >= 11 is -1.28. The Morgan fingerprint density at radius 2 is 1.96 bits per heavy atom. The molecule has 4 rings (SSSR count). The number of pyridine rings is 1. The van der Waals surface area contributed by atoms with Gasteiger partial charge in [0.25, 0.3) is 0 Å². The maximum Gasteiger partial charge on any atom is 0.197 e. The second kappa shape index (κ2) is 7.44. The molecular weight excluding hydrogens is 346 g/mol. The Labute approximate surface area is 156 Å². The Bertz CT molecular complexity index is 853. The number of aromatic nitrogens is 1. The normalized spacial score (nSPS) is 18.6. The Balaban J connectivity index is 1.34. The first-order valence-electron chi connectivity index (χ1n) is 8.90. The van der Waals surface area contributed by atoms with Gasteiger partial charge in [-0.1, -0.05) is 18.2 Å². The Morgan fingerprint density at radius 3 is 2.69 bits per heavy atom. The minimum absolute atomic E-state index is 0.457. The molecule has 0 radical (unpaired) electrons. The van der Waals surface area contributed by atoms with Gasteiger partial charge in [0, 0.05) is 19.6 Å². The van der Waals surface area contributed by atoms with E-state index in [0.29, 0.717) is 17.3 Å². The van der Waals surface area contributed by atoms with Crippen LogP contribution in [0.5, 0.6) is 0 Å². The van der Waals surface area contributed by atoms with E-state index in [9.17, 15) is 4.21 Å². The number of hydrogen-bond acceptors (Lipinski definition) is 4. The van der Waals surface area contributed by atoms with Crippen molar-refractivity contribution in [3.8, 4) is 6.07 Å². The molecule has 1 saturated heterocycles. The molecule has 1 unspecified atom stereocenters. The van der Waals surface area contributed by atoms with Gasteiger partial charge in [-0.3, -0.25) is 4.72 Å². The van der Waals surface area contributed by atoms with Gasteiger partial charge in [0.05, 0.1) is 11.6 Å². The van der Waals surface area contributed by atoms with Crippen LogP contribution in [0, 0.1) is 11.3 Å². The Morgan fingerprint density at radius 1 is 1.19 bits per heavy atom. The second-order valence-electron chi connectivity index (χ2n) is 6.67. The molecule has 1 atom stereocenters. The van der Waals surface area contributed by atoms with Crippen LogP contribution in [0.2, 0.25) is 0 Å². The van der Waals surface area contributed by atoms with Gasteiger partial charge >= 0.3 is 0 Å². The fraction of sp³-hybridized carbons (Fsp3) is 0.368. The first-order valence-corrected chi connectivity index (χ1v) is 10.0. The number of fused-ring (bicyclic) bond motifs is 1. The van der Waals surface area contributed by atoms with Crippen molar-refractivity contribution in [2.24, 2.45) is 0 Å². The average Bonchev–Trinajstić information content (AvgIpc) is 3.16. The lowest BCUT2D eigenvalue weighted by atomic mass is 9.90. The van der Waals surface area contributed by atoms with E-state index >= 15 is 0 Å². The lowest BCUT2D eigenvalue weighted by molar-refractivity contribution is 0.335. The maximum absolute atomic E-state index is 12.6. The molecule has 0 spiro atoms. The van der Waals surface area contributed by atoms with Crippen molar-refractivity contribution in [3.63, 3.8) is 0 Å². The van der Waals surface area contributed by atoms with Gasteiger partial charge in [-0.2, -0.15) is 5.26 Å². The highest BCUT2D eigenvalue weighted by Crippen LogP contribution is 2.29. The molecular formula is C19H21N5OS. The van der Waals surface area contributed by atoms with Crippen molar-refractivity contribution in [1.82, 2.24) is 9.29 Å². The molecule has 1 aromatic heterocycles.